The van der Waals surface area contributed by atoms with Crippen molar-refractivity contribution in [3.8, 4) is 0 Å². The quantitative estimate of drug-likeness (QED) is 0.815. The Bertz CT molecular complexity index is 336. The molecule has 0 spiro atoms. The summed E-state index contributed by atoms with van der Waals surface area (Å²) in [5, 5.41) is 1.79. The van der Waals surface area contributed by atoms with Crippen LogP contribution in [-0.4, -0.2) is 34.9 Å². The highest BCUT2D eigenvalue weighted by Crippen LogP contribution is 2.20. The molecule has 0 saturated carbocycles. The van der Waals surface area contributed by atoms with Crippen LogP contribution in [0.2, 0.25) is 0 Å². The van der Waals surface area contributed by atoms with E-state index >= 15 is 0 Å². The first-order valence-corrected chi connectivity index (χ1v) is 6.06. The lowest BCUT2D eigenvalue weighted by molar-refractivity contribution is 0.0781. The average molecular weight is 225 g/mol. The Morgan fingerprint density at radius 2 is 2.60 bits per heavy atom. The largest absolute Gasteiger partial charge is 0.337 e. The zero-order chi connectivity index (χ0) is 10.8. The fourth-order valence-electron chi connectivity index (χ4n) is 1.88. The summed E-state index contributed by atoms with van der Waals surface area (Å²) < 4.78 is 0. The lowest BCUT2D eigenvalue weighted by Crippen LogP contribution is -2.33. The second-order valence-corrected chi connectivity index (χ2v) is 4.75. The molecular weight excluding hydrogens is 210 g/mol. The summed E-state index contributed by atoms with van der Waals surface area (Å²) in [5.74, 6) is 0.479. The predicted octanol–water partition coefficient (Wildman–Crippen LogP) is 0.952. The van der Waals surface area contributed by atoms with Crippen molar-refractivity contribution >= 4 is 17.2 Å². The van der Waals surface area contributed by atoms with E-state index in [0.29, 0.717) is 11.6 Å². The van der Waals surface area contributed by atoms with Gasteiger partial charge in [-0.25, -0.2) is 4.98 Å². The van der Waals surface area contributed by atoms with Crippen LogP contribution in [0.4, 0.5) is 0 Å². The summed E-state index contributed by atoms with van der Waals surface area (Å²) in [6, 6.07) is 0.165. The smallest absolute Gasteiger partial charge is 0.273 e. The Kier molecular flexibility index (Phi) is 3.02. The monoisotopic (exact) mass is 225 g/mol. The number of nitrogens with two attached hydrogens (primary N) is 1. The highest BCUT2D eigenvalue weighted by Gasteiger charge is 2.29. The van der Waals surface area contributed by atoms with Crippen molar-refractivity contribution in [2.75, 3.05) is 13.1 Å². The zero-order valence-electron chi connectivity index (χ0n) is 8.72. The van der Waals surface area contributed by atoms with Gasteiger partial charge in [-0.15, -0.1) is 11.3 Å². The lowest BCUT2D eigenvalue weighted by atomic mass is 10.0. The van der Waals surface area contributed by atoms with Gasteiger partial charge in [0.1, 0.15) is 5.69 Å². The maximum Gasteiger partial charge on any atom is 0.273 e. The third-order valence-corrected chi connectivity index (χ3v) is 3.49. The highest BCUT2D eigenvalue weighted by molar-refractivity contribution is 7.07. The molecular formula is C10H15N3OS. The summed E-state index contributed by atoms with van der Waals surface area (Å²) in [6.45, 7) is 3.58. The fraction of sp³-hybridized carbons (Fsp3) is 0.600. The molecule has 4 nitrogen and oxygen atoms in total. The van der Waals surface area contributed by atoms with E-state index in [-0.39, 0.29) is 11.9 Å². The Morgan fingerprint density at radius 1 is 1.80 bits per heavy atom. The molecule has 2 N–H and O–H groups in total. The molecule has 0 radical (unpaired) electrons. The number of thiazole rings is 1. The van der Waals surface area contributed by atoms with Crippen molar-refractivity contribution in [1.82, 2.24) is 9.88 Å². The number of rotatable bonds is 2. The predicted molar refractivity (Wildman–Crippen MR) is 59.8 cm³/mol. The number of likely N-dealkylation sites (tertiary alicyclic amines) is 1. The Balaban J connectivity index is 1.99. The van der Waals surface area contributed by atoms with Crippen LogP contribution in [0.1, 0.15) is 23.8 Å². The minimum atomic E-state index is 0.0411. The van der Waals surface area contributed by atoms with E-state index < -0.39 is 0 Å². The first-order chi connectivity index (χ1) is 7.18. The number of carbonyl (C=O) groups is 1. The van der Waals surface area contributed by atoms with Gasteiger partial charge in [0, 0.05) is 24.5 Å². The number of nitrogens with zero attached hydrogens (tertiary/aromatic N) is 2. The number of aromatic nitrogens is 1. The van der Waals surface area contributed by atoms with Gasteiger partial charge in [-0.2, -0.15) is 0 Å². The maximum absolute atomic E-state index is 11.9. The normalized spacial score (nSPS) is 23.1. The van der Waals surface area contributed by atoms with Gasteiger partial charge < -0.3 is 10.6 Å². The molecule has 1 saturated heterocycles. The number of hydrogen-bond donors (Lipinski definition) is 1. The topological polar surface area (TPSA) is 59.2 Å². The molecule has 0 bridgehead atoms. The fourth-order valence-corrected chi connectivity index (χ4v) is 2.41. The molecule has 1 aliphatic heterocycles. The van der Waals surface area contributed by atoms with Gasteiger partial charge in [0.15, 0.2) is 0 Å². The van der Waals surface area contributed by atoms with Crippen LogP contribution < -0.4 is 5.73 Å². The first kappa shape index (κ1) is 10.6. The van der Waals surface area contributed by atoms with Crippen LogP contribution in [0.25, 0.3) is 0 Å². The van der Waals surface area contributed by atoms with Gasteiger partial charge in [-0.3, -0.25) is 4.79 Å². The van der Waals surface area contributed by atoms with Gasteiger partial charge in [0.2, 0.25) is 0 Å². The molecule has 1 fully saturated rings. The summed E-state index contributed by atoms with van der Waals surface area (Å²) in [6.07, 6.45) is 1.01. The van der Waals surface area contributed by atoms with Crippen molar-refractivity contribution < 1.29 is 4.79 Å². The van der Waals surface area contributed by atoms with Crippen molar-refractivity contribution in [3.63, 3.8) is 0 Å². The van der Waals surface area contributed by atoms with Crippen molar-refractivity contribution in [1.29, 1.82) is 0 Å². The molecule has 82 valence electrons. The average Bonchev–Trinajstić information content (AvgIpc) is 2.88. The van der Waals surface area contributed by atoms with E-state index in [9.17, 15) is 4.79 Å². The van der Waals surface area contributed by atoms with E-state index in [2.05, 4.69) is 4.98 Å². The number of carbonyl (C=O) groups excluding carboxylic acids is 1. The summed E-state index contributed by atoms with van der Waals surface area (Å²) >= 11 is 1.45. The van der Waals surface area contributed by atoms with Crippen LogP contribution in [0.15, 0.2) is 10.9 Å². The van der Waals surface area contributed by atoms with Gasteiger partial charge >= 0.3 is 0 Å². The van der Waals surface area contributed by atoms with Crippen LogP contribution in [0, 0.1) is 5.92 Å². The second-order valence-electron chi connectivity index (χ2n) is 4.03. The zero-order valence-corrected chi connectivity index (χ0v) is 9.54. The third-order valence-electron chi connectivity index (χ3n) is 2.91. The lowest BCUT2D eigenvalue weighted by Gasteiger charge is -2.16. The van der Waals surface area contributed by atoms with Gasteiger partial charge in [0.25, 0.3) is 5.91 Å². The molecule has 2 rings (SSSR count). The van der Waals surface area contributed by atoms with Crippen LogP contribution in [0.3, 0.4) is 0 Å². The molecule has 1 amide bonds. The summed E-state index contributed by atoms with van der Waals surface area (Å²) in [7, 11) is 0. The standard InChI is InChI=1S/C10H15N3OS/c1-7(11)8-2-3-13(4-8)10(14)9-5-15-6-12-9/h5-8H,2-4,11H2,1H3. The van der Waals surface area contributed by atoms with Gasteiger partial charge in [0.05, 0.1) is 5.51 Å². The number of hydrogen-bond acceptors (Lipinski definition) is 4. The molecule has 2 heterocycles. The minimum Gasteiger partial charge on any atom is -0.337 e. The van der Waals surface area contributed by atoms with Crippen LogP contribution >= 0.6 is 11.3 Å². The van der Waals surface area contributed by atoms with E-state index in [1.165, 1.54) is 11.3 Å². The molecule has 2 atom stereocenters. The Morgan fingerprint density at radius 3 is 3.13 bits per heavy atom. The van der Waals surface area contributed by atoms with Crippen molar-refractivity contribution in [2.24, 2.45) is 11.7 Å². The number of amides is 1. The molecule has 1 aliphatic rings. The third kappa shape index (κ3) is 2.18. The maximum atomic E-state index is 11.9. The molecule has 5 heteroatoms. The Labute approximate surface area is 93.1 Å². The van der Waals surface area contributed by atoms with Gasteiger partial charge in [-0.05, 0) is 19.3 Å². The van der Waals surface area contributed by atoms with Crippen molar-refractivity contribution in [3.05, 3.63) is 16.6 Å². The molecule has 1 aromatic heterocycles. The van der Waals surface area contributed by atoms with E-state index in [1.54, 1.807) is 10.9 Å². The van der Waals surface area contributed by atoms with Gasteiger partial charge in [-0.1, -0.05) is 0 Å². The first-order valence-electron chi connectivity index (χ1n) is 5.11. The highest BCUT2D eigenvalue weighted by atomic mass is 32.1. The van der Waals surface area contributed by atoms with Crippen LogP contribution in [-0.2, 0) is 0 Å². The molecule has 15 heavy (non-hydrogen) atoms. The molecule has 1 aromatic rings. The molecule has 0 aromatic carbocycles. The minimum absolute atomic E-state index is 0.0411. The van der Waals surface area contributed by atoms with E-state index in [4.69, 9.17) is 5.73 Å². The summed E-state index contributed by atoms with van der Waals surface area (Å²) in [5.41, 5.74) is 8.07. The van der Waals surface area contributed by atoms with E-state index in [1.807, 2.05) is 11.8 Å². The Hall–Kier alpha value is -0.940. The van der Waals surface area contributed by atoms with Crippen LogP contribution in [0.5, 0.6) is 0 Å². The van der Waals surface area contributed by atoms with E-state index in [0.717, 1.165) is 19.5 Å². The summed E-state index contributed by atoms with van der Waals surface area (Å²) in [4.78, 5) is 17.8. The molecule has 2 unspecified atom stereocenters. The van der Waals surface area contributed by atoms with Crippen molar-refractivity contribution in [2.45, 2.75) is 19.4 Å². The second kappa shape index (κ2) is 4.28. The molecule has 0 aliphatic carbocycles. The SMILES string of the molecule is CC(N)C1CCN(C(=O)c2cscn2)C1.